The maximum Gasteiger partial charge on any atom is 0.101 e. The Kier molecular flexibility index (Phi) is 6.56. The Labute approximate surface area is 287 Å². The van der Waals surface area contributed by atoms with Crippen LogP contribution < -0.4 is 0 Å². The molecule has 230 valence electrons. The van der Waals surface area contributed by atoms with Gasteiger partial charge in [-0.2, -0.15) is 15.8 Å². The molecule has 0 aliphatic carbocycles. The maximum atomic E-state index is 10.4. The summed E-state index contributed by atoms with van der Waals surface area (Å²) in [5.74, 6) is 0. The van der Waals surface area contributed by atoms with E-state index < -0.39 is 0 Å². The fourth-order valence-electron chi connectivity index (χ4n) is 7.44. The summed E-state index contributed by atoms with van der Waals surface area (Å²) in [6.45, 7) is 0. The zero-order chi connectivity index (χ0) is 33.8. The van der Waals surface area contributed by atoms with Crippen LogP contribution in [0.1, 0.15) is 16.7 Å². The summed E-state index contributed by atoms with van der Waals surface area (Å²) in [5.41, 5.74) is 11.4. The number of para-hydroxylation sites is 4. The Morgan fingerprint density at radius 2 is 1.04 bits per heavy atom. The van der Waals surface area contributed by atoms with Crippen LogP contribution in [-0.2, 0) is 0 Å². The summed E-state index contributed by atoms with van der Waals surface area (Å²) in [4.78, 5) is 0. The molecule has 5 nitrogen and oxygen atoms in total. The van der Waals surface area contributed by atoms with E-state index in [1.165, 1.54) is 10.8 Å². The Morgan fingerprint density at radius 1 is 0.400 bits per heavy atom. The summed E-state index contributed by atoms with van der Waals surface area (Å²) < 4.78 is 4.39. The monoisotopic (exact) mass is 635 g/mol. The normalized spacial score (nSPS) is 11.1. The molecule has 9 rings (SSSR count). The predicted octanol–water partition coefficient (Wildman–Crippen LogP) is 10.8. The average molecular weight is 636 g/mol. The number of hydrogen-bond donors (Lipinski definition) is 0. The topological polar surface area (TPSA) is 81.2 Å². The van der Waals surface area contributed by atoms with Crippen LogP contribution in [0.5, 0.6) is 0 Å². The lowest BCUT2D eigenvalue weighted by molar-refractivity contribution is 1.17. The van der Waals surface area contributed by atoms with Crippen molar-refractivity contribution in [2.45, 2.75) is 0 Å². The van der Waals surface area contributed by atoms with E-state index >= 15 is 0 Å². The quantitative estimate of drug-likeness (QED) is 0.193. The molecule has 0 radical (unpaired) electrons. The van der Waals surface area contributed by atoms with Crippen molar-refractivity contribution < 1.29 is 0 Å². The molecule has 7 aromatic carbocycles. The molecule has 0 saturated carbocycles. The van der Waals surface area contributed by atoms with E-state index in [9.17, 15) is 15.8 Å². The summed E-state index contributed by atoms with van der Waals surface area (Å²) in [6, 6.07) is 57.8. The number of nitriles is 3. The van der Waals surface area contributed by atoms with Gasteiger partial charge in [0.2, 0.25) is 0 Å². The molecule has 0 spiro atoms. The van der Waals surface area contributed by atoms with Crippen molar-refractivity contribution >= 4 is 43.6 Å². The number of benzene rings is 7. The third-order valence-electron chi connectivity index (χ3n) is 9.65. The van der Waals surface area contributed by atoms with E-state index in [2.05, 4.69) is 100 Å². The fraction of sp³-hybridized carbons (Fsp3) is 0. The Bertz CT molecular complexity index is 2900. The first-order valence-corrected chi connectivity index (χ1v) is 16.3. The second-order valence-electron chi connectivity index (χ2n) is 12.3. The van der Waals surface area contributed by atoms with Gasteiger partial charge in [0, 0.05) is 32.8 Å². The Hall–Kier alpha value is -7.39. The molecule has 2 aromatic heterocycles. The van der Waals surface area contributed by atoms with Gasteiger partial charge >= 0.3 is 0 Å². The highest BCUT2D eigenvalue weighted by Crippen LogP contribution is 2.38. The minimum absolute atomic E-state index is 0.560. The molecule has 0 aliphatic rings. The van der Waals surface area contributed by atoms with Crippen molar-refractivity contribution in [3.8, 4) is 51.8 Å². The summed E-state index contributed by atoms with van der Waals surface area (Å²) in [7, 11) is 0. The zero-order valence-corrected chi connectivity index (χ0v) is 26.7. The van der Waals surface area contributed by atoms with E-state index in [-0.39, 0.29) is 0 Å². The van der Waals surface area contributed by atoms with E-state index in [0.717, 1.165) is 66.5 Å². The molecule has 5 heteroatoms. The Balaban J connectivity index is 1.15. The fourth-order valence-corrected chi connectivity index (χ4v) is 7.44. The smallest absolute Gasteiger partial charge is 0.101 e. The molecular weight excluding hydrogens is 611 g/mol. The van der Waals surface area contributed by atoms with Gasteiger partial charge < -0.3 is 9.13 Å². The third kappa shape index (κ3) is 4.31. The largest absolute Gasteiger partial charge is 0.309 e. The number of aromatic nitrogens is 2. The summed E-state index contributed by atoms with van der Waals surface area (Å²) >= 11 is 0. The molecule has 0 fully saturated rings. The lowest BCUT2D eigenvalue weighted by Gasteiger charge is -2.15. The molecule has 0 N–H and O–H groups in total. The first kappa shape index (κ1) is 28.8. The molecule has 0 bridgehead atoms. The van der Waals surface area contributed by atoms with Gasteiger partial charge in [-0.25, -0.2) is 0 Å². The van der Waals surface area contributed by atoms with Crippen LogP contribution in [0.25, 0.3) is 77.2 Å². The number of fused-ring (bicyclic) bond motifs is 6. The van der Waals surface area contributed by atoms with Crippen LogP contribution in [0.15, 0.2) is 152 Å². The van der Waals surface area contributed by atoms with Gasteiger partial charge in [0.05, 0.1) is 56.6 Å². The van der Waals surface area contributed by atoms with Crippen molar-refractivity contribution in [3.05, 3.63) is 168 Å². The van der Waals surface area contributed by atoms with Crippen LogP contribution in [0.3, 0.4) is 0 Å². The molecule has 0 atom stereocenters. The van der Waals surface area contributed by atoms with Gasteiger partial charge in [-0.05, 0) is 77.4 Å². The van der Waals surface area contributed by atoms with Gasteiger partial charge in [0.15, 0.2) is 0 Å². The van der Waals surface area contributed by atoms with Crippen molar-refractivity contribution in [2.75, 3.05) is 0 Å². The average Bonchev–Trinajstić information content (AvgIpc) is 3.70. The van der Waals surface area contributed by atoms with Gasteiger partial charge in [-0.3, -0.25) is 0 Å². The second-order valence-corrected chi connectivity index (χ2v) is 12.3. The standard InChI is InChI=1S/C45H25N5/c46-26-29-16-23-44-40(24-29)39-12-7-8-32(27-47)45(39)49(44)34-20-17-30(18-21-34)35-22-19-31(25-33(35)28-48)36-9-1-4-13-41(36)50-42-14-5-2-10-37(42)38-11-3-6-15-43(38)50/h1-25H. The first-order chi connectivity index (χ1) is 24.7. The minimum Gasteiger partial charge on any atom is -0.309 e. The molecule has 9 aromatic rings. The van der Waals surface area contributed by atoms with Crippen LogP contribution in [-0.4, -0.2) is 9.13 Å². The number of rotatable bonds is 4. The van der Waals surface area contributed by atoms with E-state index in [1.807, 2.05) is 72.8 Å². The molecule has 0 amide bonds. The van der Waals surface area contributed by atoms with Crippen LogP contribution >= 0.6 is 0 Å². The number of nitrogens with zero attached hydrogens (tertiary/aromatic N) is 5. The molecule has 0 unspecified atom stereocenters. The van der Waals surface area contributed by atoms with Crippen molar-refractivity contribution in [2.24, 2.45) is 0 Å². The van der Waals surface area contributed by atoms with Crippen molar-refractivity contribution in [1.29, 1.82) is 15.8 Å². The van der Waals surface area contributed by atoms with Gasteiger partial charge in [0.25, 0.3) is 0 Å². The zero-order valence-electron chi connectivity index (χ0n) is 26.7. The van der Waals surface area contributed by atoms with E-state index in [4.69, 9.17) is 0 Å². The highest BCUT2D eigenvalue weighted by molar-refractivity contribution is 6.12. The highest BCUT2D eigenvalue weighted by atomic mass is 15.0. The number of hydrogen-bond acceptors (Lipinski definition) is 3. The summed E-state index contributed by atoms with van der Waals surface area (Å²) in [6.07, 6.45) is 0. The molecule has 0 aliphatic heterocycles. The molecular formula is C45H25N5. The van der Waals surface area contributed by atoms with Gasteiger partial charge in [0.1, 0.15) is 6.07 Å². The lowest BCUT2D eigenvalue weighted by atomic mass is 9.94. The SMILES string of the molecule is N#Cc1ccc2c(c1)c1cccc(C#N)c1n2-c1ccc(-c2ccc(-c3ccccc3-n3c4ccccc4c4ccccc43)cc2C#N)cc1. The minimum atomic E-state index is 0.560. The third-order valence-corrected chi connectivity index (χ3v) is 9.65. The predicted molar refractivity (Wildman–Crippen MR) is 200 cm³/mol. The van der Waals surface area contributed by atoms with E-state index in [0.29, 0.717) is 16.7 Å². The molecule has 2 heterocycles. The van der Waals surface area contributed by atoms with E-state index in [1.54, 1.807) is 6.07 Å². The van der Waals surface area contributed by atoms with Crippen LogP contribution in [0, 0.1) is 34.0 Å². The van der Waals surface area contributed by atoms with Crippen LogP contribution in [0.4, 0.5) is 0 Å². The summed E-state index contributed by atoms with van der Waals surface area (Å²) in [5, 5.41) is 34.2. The van der Waals surface area contributed by atoms with Crippen molar-refractivity contribution in [1.82, 2.24) is 9.13 Å². The Morgan fingerprint density at radius 3 is 1.76 bits per heavy atom. The van der Waals surface area contributed by atoms with Gasteiger partial charge in [-0.15, -0.1) is 0 Å². The second kappa shape index (κ2) is 11.4. The van der Waals surface area contributed by atoms with Crippen molar-refractivity contribution in [3.63, 3.8) is 0 Å². The first-order valence-electron chi connectivity index (χ1n) is 16.3. The lowest BCUT2D eigenvalue weighted by Crippen LogP contribution is -1.98. The molecule has 0 saturated heterocycles. The highest BCUT2D eigenvalue weighted by Gasteiger charge is 2.18. The molecule has 50 heavy (non-hydrogen) atoms. The van der Waals surface area contributed by atoms with Gasteiger partial charge in [-0.1, -0.05) is 91.0 Å². The maximum absolute atomic E-state index is 10.4. The van der Waals surface area contributed by atoms with Crippen LogP contribution in [0.2, 0.25) is 0 Å².